The van der Waals surface area contributed by atoms with Crippen molar-refractivity contribution in [3.63, 3.8) is 0 Å². The molecule has 0 saturated heterocycles. The van der Waals surface area contributed by atoms with Crippen LogP contribution in [0.5, 0.6) is 0 Å². The molecule has 0 radical (unpaired) electrons. The van der Waals surface area contributed by atoms with Gasteiger partial charge in [-0.25, -0.2) is 16.8 Å². The van der Waals surface area contributed by atoms with Crippen LogP contribution in [0.4, 0.5) is 5.69 Å². The molecule has 0 unspecified atom stereocenters. The Balaban J connectivity index is 3.76. The Labute approximate surface area is 163 Å². The smallest absolute Gasteiger partial charge is 0.254 e. The van der Waals surface area contributed by atoms with E-state index in [9.17, 15) is 21.6 Å². The number of hydrogen-bond donors (Lipinski definition) is 0. The summed E-state index contributed by atoms with van der Waals surface area (Å²) in [5.41, 5.74) is -0.207. The third kappa shape index (κ3) is 4.72. The van der Waals surface area contributed by atoms with Crippen LogP contribution in [0.1, 0.15) is 37.0 Å². The molecule has 11 heteroatoms. The molecular weight excluding hydrogens is 510 g/mol. The first-order valence-corrected chi connectivity index (χ1v) is 12.1. The summed E-state index contributed by atoms with van der Waals surface area (Å²) >= 11 is 11.8. The summed E-state index contributed by atoms with van der Waals surface area (Å²) in [5, 5.41) is -0.851. The lowest BCUT2D eigenvalue weighted by molar-refractivity contribution is 0.108. The van der Waals surface area contributed by atoms with Gasteiger partial charge in [0.2, 0.25) is 20.0 Å². The van der Waals surface area contributed by atoms with E-state index in [-0.39, 0.29) is 40.1 Å². The maximum Gasteiger partial charge on any atom is 0.254 e. The van der Waals surface area contributed by atoms with Gasteiger partial charge >= 0.3 is 0 Å². The average molecular weight is 526 g/mol. The number of carbonyl (C=O) groups is 1. The number of rotatable bonds is 8. The molecule has 0 amide bonds. The Morgan fingerprint density at radius 2 is 1.50 bits per heavy atom. The molecule has 0 bridgehead atoms. The quantitative estimate of drug-likeness (QED) is 0.481. The minimum absolute atomic E-state index is 0.00349. The summed E-state index contributed by atoms with van der Waals surface area (Å²) in [4.78, 5) is 11.6. The van der Waals surface area contributed by atoms with Gasteiger partial charge in [0.05, 0.1) is 27.2 Å². The van der Waals surface area contributed by atoms with Crippen LogP contribution in [-0.4, -0.2) is 33.6 Å². The zero-order valence-corrected chi connectivity index (χ0v) is 18.5. The van der Waals surface area contributed by atoms with E-state index in [4.69, 9.17) is 11.6 Å². The Morgan fingerprint density at radius 3 is 1.88 bits per heavy atom. The number of sulfonamides is 2. The van der Waals surface area contributed by atoms with Gasteiger partial charge in [0.1, 0.15) is 0 Å². The maximum atomic E-state index is 12.6. The van der Waals surface area contributed by atoms with Gasteiger partial charge in [-0.2, -0.15) is 3.71 Å². The number of benzene rings is 1. The molecule has 6 nitrogen and oxygen atoms in total. The molecule has 1 aromatic rings. The molecule has 0 saturated carbocycles. The lowest BCUT2D eigenvalue weighted by atomic mass is 10.2. The van der Waals surface area contributed by atoms with Crippen molar-refractivity contribution in [3.8, 4) is 0 Å². The van der Waals surface area contributed by atoms with Gasteiger partial charge in [-0.15, -0.1) is 0 Å². The number of hydrogen-bond acceptors (Lipinski definition) is 5. The zero-order valence-electron chi connectivity index (χ0n) is 12.9. The third-order valence-corrected chi connectivity index (χ3v) is 9.16. The van der Waals surface area contributed by atoms with E-state index in [1.54, 1.807) is 13.8 Å². The summed E-state index contributed by atoms with van der Waals surface area (Å²) < 4.78 is 51.0. The van der Waals surface area contributed by atoms with E-state index < -0.39 is 25.3 Å². The zero-order chi connectivity index (χ0) is 18.7. The van der Waals surface area contributed by atoms with Gasteiger partial charge in [-0.3, -0.25) is 4.79 Å². The minimum Gasteiger partial charge on any atom is -0.276 e. The van der Waals surface area contributed by atoms with Crippen molar-refractivity contribution in [1.82, 2.24) is 0 Å². The molecule has 24 heavy (non-hydrogen) atoms. The maximum absolute atomic E-state index is 12.6. The summed E-state index contributed by atoms with van der Waals surface area (Å²) in [6.07, 6.45) is 0.492. The average Bonchev–Trinajstić information content (AvgIpc) is 2.40. The van der Waals surface area contributed by atoms with Crippen LogP contribution < -0.4 is 3.71 Å². The van der Waals surface area contributed by atoms with Gasteiger partial charge in [0.15, 0.2) is 0 Å². The topological polar surface area (TPSA) is 88.6 Å². The minimum atomic E-state index is -4.14. The summed E-state index contributed by atoms with van der Waals surface area (Å²) in [6, 6.07) is 2.68. The van der Waals surface area contributed by atoms with Crippen molar-refractivity contribution >= 4 is 74.4 Å². The Kier molecular flexibility index (Phi) is 7.73. The summed E-state index contributed by atoms with van der Waals surface area (Å²) in [6.45, 7) is 3.26. The highest BCUT2D eigenvalue weighted by molar-refractivity contribution is 9.11. The van der Waals surface area contributed by atoms with Gasteiger partial charge in [-0.1, -0.05) is 13.8 Å². The van der Waals surface area contributed by atoms with Crippen molar-refractivity contribution in [2.45, 2.75) is 26.7 Å². The highest BCUT2D eigenvalue weighted by atomic mass is 79.9. The van der Waals surface area contributed by atoms with E-state index in [0.717, 1.165) is 0 Å². The molecular formula is C13H16Br2ClNO5S2. The standard InChI is InChI=1S/C13H16Br2ClNO5S2/c1-3-7-23(19,20)17(24(21,22)8-4-2)10-6-5-9(14)11(12(10)15)13(16)18/h5-6H,3-4,7-8H2,1-2H3. The first-order chi connectivity index (χ1) is 11.0. The normalized spacial score (nSPS) is 12.2. The van der Waals surface area contributed by atoms with Crippen LogP contribution in [0, 0.1) is 0 Å². The van der Waals surface area contributed by atoms with E-state index in [0.29, 0.717) is 8.18 Å². The second-order valence-electron chi connectivity index (χ2n) is 4.86. The fourth-order valence-electron chi connectivity index (χ4n) is 2.02. The van der Waals surface area contributed by atoms with E-state index in [2.05, 4.69) is 31.9 Å². The van der Waals surface area contributed by atoms with Crippen LogP contribution in [0.15, 0.2) is 21.1 Å². The third-order valence-electron chi connectivity index (χ3n) is 2.89. The van der Waals surface area contributed by atoms with E-state index in [1.165, 1.54) is 12.1 Å². The lowest BCUT2D eigenvalue weighted by Gasteiger charge is -2.25. The first kappa shape index (κ1) is 21.9. The molecule has 136 valence electrons. The van der Waals surface area contributed by atoms with Crippen molar-refractivity contribution < 1.29 is 21.6 Å². The second-order valence-corrected chi connectivity index (χ2v) is 11.0. The monoisotopic (exact) mass is 523 g/mol. The van der Waals surface area contributed by atoms with Gasteiger partial charge in [-0.05, 0) is 68.4 Å². The van der Waals surface area contributed by atoms with Crippen molar-refractivity contribution in [3.05, 3.63) is 26.6 Å². The predicted molar refractivity (Wildman–Crippen MR) is 103 cm³/mol. The Bertz CT molecular complexity index is 804. The molecule has 0 aliphatic carbocycles. The SMILES string of the molecule is CCCS(=O)(=O)N(c1ccc(Br)c(C(=O)Cl)c1Br)S(=O)(=O)CCC. The van der Waals surface area contributed by atoms with E-state index in [1.807, 2.05) is 0 Å². The molecule has 0 spiro atoms. The summed E-state index contributed by atoms with van der Waals surface area (Å²) in [7, 11) is -8.27. The highest BCUT2D eigenvalue weighted by Crippen LogP contribution is 2.38. The number of nitrogens with zero attached hydrogens (tertiary/aromatic N) is 1. The molecule has 0 aliphatic heterocycles. The van der Waals surface area contributed by atoms with E-state index >= 15 is 0 Å². The molecule has 0 aliphatic rings. The van der Waals surface area contributed by atoms with Crippen LogP contribution in [0.2, 0.25) is 0 Å². The fourth-order valence-corrected chi connectivity index (χ4v) is 8.25. The van der Waals surface area contributed by atoms with Crippen molar-refractivity contribution in [2.24, 2.45) is 0 Å². The largest absolute Gasteiger partial charge is 0.276 e. The predicted octanol–water partition coefficient (Wildman–Crippen LogP) is 3.88. The molecule has 1 rings (SSSR count). The highest BCUT2D eigenvalue weighted by Gasteiger charge is 2.35. The Hall–Kier alpha value is -0.160. The summed E-state index contributed by atoms with van der Waals surface area (Å²) in [5.74, 6) is -0.689. The number of halogens is 3. The fraction of sp³-hybridized carbons (Fsp3) is 0.462. The van der Waals surface area contributed by atoms with Gasteiger partial charge in [0.25, 0.3) is 5.24 Å². The van der Waals surface area contributed by atoms with Gasteiger partial charge in [0, 0.05) is 4.47 Å². The Morgan fingerprint density at radius 1 is 1.04 bits per heavy atom. The van der Waals surface area contributed by atoms with Crippen LogP contribution >= 0.6 is 43.5 Å². The number of carbonyl (C=O) groups excluding carboxylic acids is 1. The molecule has 0 heterocycles. The first-order valence-electron chi connectivity index (χ1n) is 6.93. The molecule has 1 aromatic carbocycles. The molecule has 0 fully saturated rings. The second kappa shape index (κ2) is 8.48. The molecule has 0 N–H and O–H groups in total. The molecule has 0 atom stereocenters. The van der Waals surface area contributed by atoms with Crippen LogP contribution in [0.3, 0.4) is 0 Å². The molecule has 0 aromatic heterocycles. The van der Waals surface area contributed by atoms with Crippen LogP contribution in [-0.2, 0) is 20.0 Å². The van der Waals surface area contributed by atoms with Crippen molar-refractivity contribution in [1.29, 1.82) is 0 Å². The number of anilines is 1. The van der Waals surface area contributed by atoms with Gasteiger partial charge < -0.3 is 0 Å². The lowest BCUT2D eigenvalue weighted by Crippen LogP contribution is -2.40. The van der Waals surface area contributed by atoms with Crippen LogP contribution in [0.25, 0.3) is 0 Å². The van der Waals surface area contributed by atoms with Crippen molar-refractivity contribution in [2.75, 3.05) is 15.2 Å².